The van der Waals surface area contributed by atoms with Gasteiger partial charge in [0, 0.05) is 59.7 Å². The molecular weight excluding hydrogens is 588 g/mol. The largest absolute Gasteiger partial charge is 0.353 e. The predicted octanol–water partition coefficient (Wildman–Crippen LogP) is 8.08. The standard InChI is InChI=1S/C44H52N2O2/c1-31-19-23-37-41(3,4)43(37,29-31)35-17-11-9-15-33(35)21-25-39(47)45-27-13-7-8-14-28-46-40(48)26-22-34-16-10-12-18-36(34)44-30-32(2)20-24-38(44)42(44,5)6/h9-12,15-18,21-22,25-26,31-32,37-38H,7-8,13-14,27-30H2,1-6H3,(H,45,47)(H,46,48). The molecule has 0 aliphatic heterocycles. The van der Waals surface area contributed by atoms with Crippen LogP contribution in [-0.4, -0.2) is 24.9 Å². The Balaban J connectivity index is 0.902. The van der Waals surface area contributed by atoms with E-state index in [9.17, 15) is 9.59 Å². The van der Waals surface area contributed by atoms with Gasteiger partial charge in [0.15, 0.2) is 0 Å². The molecule has 0 heterocycles. The second-order valence-electron chi connectivity index (χ2n) is 15.9. The van der Waals surface area contributed by atoms with Gasteiger partial charge in [-0.2, -0.15) is 0 Å². The predicted molar refractivity (Wildman–Crippen MR) is 196 cm³/mol. The number of nitrogens with one attached hydrogen (secondary N) is 2. The van der Waals surface area contributed by atoms with Crippen LogP contribution in [-0.2, 0) is 20.4 Å². The van der Waals surface area contributed by atoms with Crippen molar-refractivity contribution in [3.63, 3.8) is 0 Å². The highest BCUT2D eigenvalue weighted by Gasteiger charge is 2.73. The number of carbonyl (C=O) groups excluding carboxylic acids is 2. The Morgan fingerprint density at radius 3 is 1.46 bits per heavy atom. The maximum atomic E-state index is 12.6. The lowest BCUT2D eigenvalue weighted by Crippen LogP contribution is -2.23. The second-order valence-corrected chi connectivity index (χ2v) is 15.9. The lowest BCUT2D eigenvalue weighted by molar-refractivity contribution is -0.117. The first-order valence-corrected chi connectivity index (χ1v) is 18.1. The monoisotopic (exact) mass is 640 g/mol. The van der Waals surface area contributed by atoms with E-state index >= 15 is 0 Å². The van der Waals surface area contributed by atoms with Crippen molar-refractivity contribution >= 4 is 24.0 Å². The van der Waals surface area contributed by atoms with Crippen molar-refractivity contribution in [2.45, 2.75) is 90.9 Å². The Morgan fingerprint density at radius 1 is 0.646 bits per heavy atom. The fourth-order valence-electron chi connectivity index (χ4n) is 9.39. The molecule has 4 nitrogen and oxygen atoms in total. The van der Waals surface area contributed by atoms with Crippen LogP contribution >= 0.6 is 0 Å². The number of hydrogen-bond donors (Lipinski definition) is 2. The Kier molecular flexibility index (Phi) is 9.26. The Morgan fingerprint density at radius 2 is 1.04 bits per heavy atom. The topological polar surface area (TPSA) is 58.2 Å². The van der Waals surface area contributed by atoms with Crippen LogP contribution < -0.4 is 10.6 Å². The van der Waals surface area contributed by atoms with Gasteiger partial charge in [0.25, 0.3) is 0 Å². The molecule has 6 atom stereocenters. The van der Waals surface area contributed by atoms with Crippen molar-refractivity contribution in [1.82, 2.24) is 10.6 Å². The lowest BCUT2D eigenvalue weighted by atomic mass is 9.77. The molecule has 2 N–H and O–H groups in total. The van der Waals surface area contributed by atoms with Crippen LogP contribution in [0.25, 0.3) is 12.2 Å². The molecule has 0 aromatic heterocycles. The zero-order valence-corrected chi connectivity index (χ0v) is 29.7. The van der Waals surface area contributed by atoms with E-state index < -0.39 is 0 Å². The number of unbranched alkanes of at least 4 members (excludes halogenated alkanes) is 3. The maximum absolute atomic E-state index is 12.6. The van der Waals surface area contributed by atoms with E-state index in [0.717, 1.165) is 49.7 Å². The molecule has 4 aliphatic carbocycles. The summed E-state index contributed by atoms with van der Waals surface area (Å²) in [5.41, 5.74) is 5.30. The summed E-state index contributed by atoms with van der Waals surface area (Å²) in [4.78, 5) is 25.3. The third-order valence-electron chi connectivity index (χ3n) is 12.2. The van der Waals surface area contributed by atoms with Gasteiger partial charge in [0.2, 0.25) is 11.8 Å². The van der Waals surface area contributed by atoms with Crippen LogP contribution in [0.15, 0.2) is 60.7 Å². The summed E-state index contributed by atoms with van der Waals surface area (Å²) in [6.07, 6.45) is 13.3. The first kappa shape index (κ1) is 33.9. The molecule has 0 radical (unpaired) electrons. The van der Waals surface area contributed by atoms with Crippen molar-refractivity contribution in [2.24, 2.45) is 34.5 Å². The van der Waals surface area contributed by atoms with Gasteiger partial charge in [-0.05, 0) is 70.9 Å². The minimum Gasteiger partial charge on any atom is -0.353 e. The van der Waals surface area contributed by atoms with E-state index in [1.54, 1.807) is 12.2 Å². The summed E-state index contributed by atoms with van der Waals surface area (Å²) in [6, 6.07) is 17.0. The van der Waals surface area contributed by atoms with Crippen molar-refractivity contribution in [1.29, 1.82) is 0 Å². The molecule has 0 spiro atoms. The molecule has 2 fully saturated rings. The Bertz CT molecular complexity index is 1630. The van der Waals surface area contributed by atoms with Gasteiger partial charge in [0.1, 0.15) is 0 Å². The number of hydrogen-bond acceptors (Lipinski definition) is 2. The molecule has 2 amide bonds. The van der Waals surface area contributed by atoms with E-state index in [4.69, 9.17) is 0 Å². The van der Waals surface area contributed by atoms with Crippen LogP contribution in [0.2, 0.25) is 0 Å². The summed E-state index contributed by atoms with van der Waals surface area (Å²) < 4.78 is 0. The number of amides is 2. The third kappa shape index (κ3) is 5.94. The summed E-state index contributed by atoms with van der Waals surface area (Å²) in [7, 11) is 0. The highest BCUT2D eigenvalue weighted by molar-refractivity contribution is 5.92. The molecule has 250 valence electrons. The van der Waals surface area contributed by atoms with Crippen LogP contribution in [0, 0.1) is 58.2 Å². The molecule has 4 heteroatoms. The van der Waals surface area contributed by atoms with Gasteiger partial charge >= 0.3 is 0 Å². The SMILES string of the molecule is CC1C#CC2C(C)(C)C2(c2ccccc2C=CC(=O)NCCCCCCNC(=O)C=Cc2ccccc2C23CC(C)C#CC2C3(C)C)C1. The van der Waals surface area contributed by atoms with Gasteiger partial charge in [-0.25, -0.2) is 0 Å². The van der Waals surface area contributed by atoms with E-state index in [2.05, 4.69) is 124 Å². The van der Waals surface area contributed by atoms with Crippen LogP contribution in [0.3, 0.4) is 0 Å². The normalized spacial score (nSPS) is 29.9. The minimum absolute atomic E-state index is 0.0577. The Labute approximate surface area is 288 Å². The molecule has 6 rings (SSSR count). The van der Waals surface area contributed by atoms with Gasteiger partial charge in [-0.15, -0.1) is 0 Å². The zero-order chi connectivity index (χ0) is 34.2. The van der Waals surface area contributed by atoms with Gasteiger partial charge in [0.05, 0.1) is 0 Å². The molecule has 6 unspecified atom stereocenters. The first-order valence-electron chi connectivity index (χ1n) is 18.1. The maximum Gasteiger partial charge on any atom is 0.243 e. The Hall–Kier alpha value is -4.02. The molecule has 0 saturated heterocycles. The van der Waals surface area contributed by atoms with Crippen molar-refractivity contribution in [2.75, 3.05) is 13.1 Å². The molecule has 4 aliphatic rings. The van der Waals surface area contributed by atoms with E-state index in [0.29, 0.717) is 36.8 Å². The summed E-state index contributed by atoms with van der Waals surface area (Å²) in [5, 5.41) is 6.09. The fourth-order valence-corrected chi connectivity index (χ4v) is 9.39. The summed E-state index contributed by atoms with van der Waals surface area (Å²) in [5.74, 6) is 15.3. The number of rotatable bonds is 13. The smallest absolute Gasteiger partial charge is 0.243 e. The second kappa shape index (κ2) is 13.1. The van der Waals surface area contributed by atoms with Gasteiger partial charge in [-0.3, -0.25) is 9.59 Å². The highest BCUT2D eigenvalue weighted by Crippen LogP contribution is 2.74. The van der Waals surface area contributed by atoms with E-state index in [1.165, 1.54) is 11.1 Å². The molecule has 48 heavy (non-hydrogen) atoms. The van der Waals surface area contributed by atoms with Crippen molar-refractivity contribution in [3.05, 3.63) is 82.9 Å². The third-order valence-corrected chi connectivity index (χ3v) is 12.2. The lowest BCUT2D eigenvalue weighted by Gasteiger charge is -2.26. The highest BCUT2D eigenvalue weighted by atomic mass is 16.2. The summed E-state index contributed by atoms with van der Waals surface area (Å²) in [6.45, 7) is 15.1. The number of benzene rings is 2. The quantitative estimate of drug-likeness (QED) is 0.132. The molecule has 2 aromatic carbocycles. The van der Waals surface area contributed by atoms with Gasteiger partial charge < -0.3 is 10.6 Å². The first-order chi connectivity index (χ1) is 22.9. The van der Waals surface area contributed by atoms with E-state index in [-0.39, 0.29) is 33.5 Å². The minimum atomic E-state index is -0.0577. The van der Waals surface area contributed by atoms with E-state index in [1.807, 2.05) is 12.2 Å². The molecular formula is C44H52N2O2. The average Bonchev–Trinajstić information content (AvgIpc) is 3.79. The average molecular weight is 641 g/mol. The van der Waals surface area contributed by atoms with Crippen molar-refractivity contribution in [3.8, 4) is 23.7 Å². The summed E-state index contributed by atoms with van der Waals surface area (Å²) >= 11 is 0. The van der Waals surface area contributed by atoms with Crippen LogP contribution in [0.4, 0.5) is 0 Å². The van der Waals surface area contributed by atoms with Gasteiger partial charge in [-0.1, -0.05) is 127 Å². The number of carbonyl (C=O) groups is 2. The molecule has 0 bridgehead atoms. The van der Waals surface area contributed by atoms with Crippen LogP contribution in [0.1, 0.15) is 102 Å². The number of fused-ring (bicyclic) bond motifs is 2. The molecule has 2 saturated carbocycles. The zero-order valence-electron chi connectivity index (χ0n) is 29.7. The van der Waals surface area contributed by atoms with Crippen LogP contribution in [0.5, 0.6) is 0 Å². The van der Waals surface area contributed by atoms with Crippen molar-refractivity contribution < 1.29 is 9.59 Å². The fraction of sp³-hybridized carbons (Fsp3) is 0.500. The molecule has 2 aromatic rings.